The fourth-order valence-corrected chi connectivity index (χ4v) is 5.59. The van der Waals surface area contributed by atoms with Crippen LogP contribution in [0.15, 0.2) is 47.4 Å². The van der Waals surface area contributed by atoms with Gasteiger partial charge < -0.3 is 9.72 Å². The van der Waals surface area contributed by atoms with Gasteiger partial charge in [0.25, 0.3) is 0 Å². The van der Waals surface area contributed by atoms with E-state index in [-0.39, 0.29) is 0 Å². The van der Waals surface area contributed by atoms with E-state index < -0.39 is 10.0 Å². The molecule has 1 fully saturated rings. The summed E-state index contributed by atoms with van der Waals surface area (Å²) in [5.74, 6) is 1.37. The minimum Gasteiger partial charge on any atom is -0.497 e. The predicted octanol–water partition coefficient (Wildman–Crippen LogP) is 5.05. The van der Waals surface area contributed by atoms with Crippen molar-refractivity contribution in [2.24, 2.45) is 0 Å². The molecule has 0 saturated heterocycles. The highest BCUT2D eigenvalue weighted by Crippen LogP contribution is 2.33. The average molecular weight is 427 g/mol. The van der Waals surface area contributed by atoms with Crippen LogP contribution in [0.4, 0.5) is 0 Å². The van der Waals surface area contributed by atoms with Crippen LogP contribution < -0.4 is 9.46 Å². The summed E-state index contributed by atoms with van der Waals surface area (Å²) in [7, 11) is -1.88. The first-order valence-corrected chi connectivity index (χ1v) is 12.2. The van der Waals surface area contributed by atoms with Gasteiger partial charge in [0, 0.05) is 23.1 Å². The van der Waals surface area contributed by atoms with Gasteiger partial charge in [-0.15, -0.1) is 0 Å². The van der Waals surface area contributed by atoms with E-state index in [9.17, 15) is 8.42 Å². The lowest BCUT2D eigenvalue weighted by Gasteiger charge is -2.22. The summed E-state index contributed by atoms with van der Waals surface area (Å²) in [4.78, 5) is 3.70. The zero-order chi connectivity index (χ0) is 21.1. The van der Waals surface area contributed by atoms with Gasteiger partial charge in [0.2, 0.25) is 10.0 Å². The first-order chi connectivity index (χ1) is 14.5. The van der Waals surface area contributed by atoms with Crippen LogP contribution in [-0.4, -0.2) is 27.1 Å². The maximum absolute atomic E-state index is 12.8. The van der Waals surface area contributed by atoms with E-state index in [0.29, 0.717) is 23.8 Å². The summed E-state index contributed by atoms with van der Waals surface area (Å²) in [6.07, 6.45) is 6.88. The molecule has 1 heterocycles. The Bertz CT molecular complexity index is 1110. The lowest BCUT2D eigenvalue weighted by atomic mass is 9.84. The van der Waals surface area contributed by atoms with E-state index in [4.69, 9.17) is 4.74 Å². The second-order valence-electron chi connectivity index (χ2n) is 8.19. The van der Waals surface area contributed by atoms with Crippen molar-refractivity contribution in [1.29, 1.82) is 0 Å². The molecule has 30 heavy (non-hydrogen) atoms. The Balaban J connectivity index is 1.43. The molecule has 4 rings (SSSR count). The number of ether oxygens (including phenoxy) is 1. The summed E-state index contributed by atoms with van der Waals surface area (Å²) < 4.78 is 33.6. The van der Waals surface area contributed by atoms with Gasteiger partial charge in [0.15, 0.2) is 0 Å². The molecule has 0 spiro atoms. The van der Waals surface area contributed by atoms with Crippen molar-refractivity contribution >= 4 is 20.9 Å². The molecular weight excluding hydrogens is 396 g/mol. The van der Waals surface area contributed by atoms with Crippen molar-refractivity contribution < 1.29 is 13.2 Å². The standard InChI is InChI=1S/C24H30N2O3S/c1-17-22(23-16-20(29-2)10-13-24(23)26-17)14-15-25-30(27,28)21-11-8-19(9-12-21)18-6-4-3-5-7-18/h8-13,16,18,25-26H,3-7,14-15H2,1-2H3. The summed E-state index contributed by atoms with van der Waals surface area (Å²) in [6, 6.07) is 13.4. The van der Waals surface area contributed by atoms with Gasteiger partial charge in [-0.05, 0) is 73.6 Å². The van der Waals surface area contributed by atoms with Gasteiger partial charge in [-0.1, -0.05) is 31.4 Å². The van der Waals surface area contributed by atoms with Gasteiger partial charge in [-0.2, -0.15) is 0 Å². The van der Waals surface area contributed by atoms with Crippen LogP contribution in [-0.2, 0) is 16.4 Å². The van der Waals surface area contributed by atoms with Crippen molar-refractivity contribution in [3.8, 4) is 5.75 Å². The van der Waals surface area contributed by atoms with Crippen molar-refractivity contribution in [3.63, 3.8) is 0 Å². The number of hydrogen-bond acceptors (Lipinski definition) is 3. The molecule has 0 aliphatic heterocycles. The Labute approximate surface area is 178 Å². The monoisotopic (exact) mass is 426 g/mol. The molecule has 1 saturated carbocycles. The molecule has 0 bridgehead atoms. The van der Waals surface area contributed by atoms with E-state index in [1.165, 1.54) is 37.7 Å². The molecule has 2 N–H and O–H groups in total. The third-order valence-corrected chi connectivity index (χ3v) is 7.74. The van der Waals surface area contributed by atoms with Crippen LogP contribution in [0.2, 0.25) is 0 Å². The first-order valence-electron chi connectivity index (χ1n) is 10.7. The van der Waals surface area contributed by atoms with Crippen molar-refractivity contribution in [3.05, 3.63) is 59.3 Å². The second-order valence-corrected chi connectivity index (χ2v) is 9.96. The molecule has 0 amide bonds. The number of aromatic nitrogens is 1. The molecule has 0 unspecified atom stereocenters. The molecule has 1 aliphatic carbocycles. The number of methoxy groups -OCH3 is 1. The molecule has 0 radical (unpaired) electrons. The lowest BCUT2D eigenvalue weighted by Crippen LogP contribution is -2.26. The minimum absolute atomic E-state index is 0.333. The SMILES string of the molecule is COc1ccc2[nH]c(C)c(CCNS(=O)(=O)c3ccc(C4CCCCC4)cc3)c2c1. The predicted molar refractivity (Wildman–Crippen MR) is 121 cm³/mol. The molecule has 6 heteroatoms. The smallest absolute Gasteiger partial charge is 0.240 e. The number of benzene rings is 2. The van der Waals surface area contributed by atoms with Gasteiger partial charge in [-0.3, -0.25) is 0 Å². The molecule has 0 atom stereocenters. The minimum atomic E-state index is -3.52. The van der Waals surface area contributed by atoms with Gasteiger partial charge in [0.1, 0.15) is 5.75 Å². The maximum atomic E-state index is 12.8. The molecular formula is C24H30N2O3S. The molecule has 1 aromatic heterocycles. The zero-order valence-electron chi connectivity index (χ0n) is 17.7. The topological polar surface area (TPSA) is 71.2 Å². The Morgan fingerprint density at radius 3 is 2.50 bits per heavy atom. The van der Waals surface area contributed by atoms with Crippen LogP contribution in [0.1, 0.15) is 54.8 Å². The van der Waals surface area contributed by atoms with E-state index in [1.54, 1.807) is 19.2 Å². The second kappa shape index (κ2) is 8.82. The number of aryl methyl sites for hydroxylation is 1. The molecule has 160 valence electrons. The number of aromatic amines is 1. The van der Waals surface area contributed by atoms with Gasteiger partial charge >= 0.3 is 0 Å². The number of H-pyrrole nitrogens is 1. The summed E-state index contributed by atoms with van der Waals surface area (Å²) in [5.41, 5.74) is 4.45. The van der Waals surface area contributed by atoms with Crippen LogP contribution in [0.3, 0.4) is 0 Å². The molecule has 1 aliphatic rings. The molecule has 3 aromatic rings. The molecule has 5 nitrogen and oxygen atoms in total. The van der Waals surface area contributed by atoms with Gasteiger partial charge in [0.05, 0.1) is 12.0 Å². The first kappa shape index (κ1) is 20.9. The Morgan fingerprint density at radius 1 is 1.07 bits per heavy atom. The van der Waals surface area contributed by atoms with Gasteiger partial charge in [-0.25, -0.2) is 13.1 Å². The van der Waals surface area contributed by atoms with Crippen LogP contribution in [0.25, 0.3) is 10.9 Å². The number of rotatable bonds is 7. The quantitative estimate of drug-likeness (QED) is 0.555. The number of nitrogens with one attached hydrogen (secondary N) is 2. The summed E-state index contributed by atoms with van der Waals surface area (Å²) >= 11 is 0. The number of hydrogen-bond donors (Lipinski definition) is 2. The van der Waals surface area contributed by atoms with E-state index in [1.807, 2.05) is 37.3 Å². The van der Waals surface area contributed by atoms with Crippen LogP contribution in [0, 0.1) is 6.92 Å². The summed E-state index contributed by atoms with van der Waals surface area (Å²) in [5, 5.41) is 1.07. The lowest BCUT2D eigenvalue weighted by molar-refractivity contribution is 0.415. The van der Waals surface area contributed by atoms with Crippen molar-refractivity contribution in [2.45, 2.75) is 56.3 Å². The zero-order valence-corrected chi connectivity index (χ0v) is 18.5. The van der Waals surface area contributed by atoms with E-state index in [0.717, 1.165) is 27.9 Å². The largest absolute Gasteiger partial charge is 0.497 e. The third kappa shape index (κ3) is 4.40. The molecule has 2 aromatic carbocycles. The normalized spacial score (nSPS) is 15.5. The van der Waals surface area contributed by atoms with E-state index in [2.05, 4.69) is 9.71 Å². The van der Waals surface area contributed by atoms with Crippen molar-refractivity contribution in [1.82, 2.24) is 9.71 Å². The van der Waals surface area contributed by atoms with Crippen LogP contribution in [0.5, 0.6) is 5.75 Å². The summed E-state index contributed by atoms with van der Waals surface area (Å²) in [6.45, 7) is 2.36. The Hall–Kier alpha value is -2.31. The highest BCUT2D eigenvalue weighted by molar-refractivity contribution is 7.89. The maximum Gasteiger partial charge on any atom is 0.240 e. The fourth-order valence-electron chi connectivity index (χ4n) is 4.56. The highest BCUT2D eigenvalue weighted by Gasteiger charge is 2.18. The number of fused-ring (bicyclic) bond motifs is 1. The van der Waals surface area contributed by atoms with Crippen LogP contribution >= 0.6 is 0 Å². The fraction of sp³-hybridized carbons (Fsp3) is 0.417. The van der Waals surface area contributed by atoms with Crippen molar-refractivity contribution in [2.75, 3.05) is 13.7 Å². The Kier molecular flexibility index (Phi) is 6.16. The highest BCUT2D eigenvalue weighted by atomic mass is 32.2. The Morgan fingerprint density at radius 2 is 1.80 bits per heavy atom. The average Bonchev–Trinajstić information content (AvgIpc) is 3.08. The third-order valence-electron chi connectivity index (χ3n) is 6.26. The number of sulfonamides is 1. The van der Waals surface area contributed by atoms with E-state index >= 15 is 0 Å².